The Balaban J connectivity index is 1.44. The largest absolute Gasteiger partial charge is 0.308 e. The van der Waals surface area contributed by atoms with Crippen molar-refractivity contribution in [1.29, 1.82) is 0 Å². The van der Waals surface area contributed by atoms with Gasteiger partial charge in [-0.2, -0.15) is 0 Å². The van der Waals surface area contributed by atoms with Gasteiger partial charge in [0.05, 0.1) is 12.2 Å². The molecule has 5 heteroatoms. The minimum Gasteiger partial charge on any atom is -0.308 e. The third-order valence-corrected chi connectivity index (χ3v) is 4.54. The summed E-state index contributed by atoms with van der Waals surface area (Å²) in [4.78, 5) is 2.61. The first-order chi connectivity index (χ1) is 9.81. The van der Waals surface area contributed by atoms with Gasteiger partial charge < -0.3 is 5.32 Å². The topological polar surface area (TPSA) is 46.0 Å². The average molecular weight is 277 g/mol. The molecule has 1 aromatic rings. The molecule has 1 N–H and O–H groups in total. The van der Waals surface area contributed by atoms with Gasteiger partial charge in [0.15, 0.2) is 0 Å². The van der Waals surface area contributed by atoms with Crippen LogP contribution in [0.3, 0.4) is 0 Å². The smallest absolute Gasteiger partial charge is 0.0964 e. The molecule has 2 fully saturated rings. The van der Waals surface area contributed by atoms with Crippen LogP contribution in [-0.2, 0) is 13.1 Å². The first-order valence-electron chi connectivity index (χ1n) is 8.18. The zero-order chi connectivity index (χ0) is 13.8. The van der Waals surface area contributed by atoms with E-state index in [1.165, 1.54) is 45.1 Å². The lowest BCUT2D eigenvalue weighted by Gasteiger charge is -2.26. The van der Waals surface area contributed by atoms with Crippen LogP contribution in [-0.4, -0.2) is 45.1 Å². The van der Waals surface area contributed by atoms with Crippen molar-refractivity contribution in [2.45, 2.75) is 70.6 Å². The molecule has 0 aromatic carbocycles. The normalized spacial score (nSPS) is 24.8. The quantitative estimate of drug-likeness (QED) is 0.861. The molecule has 1 saturated heterocycles. The van der Waals surface area contributed by atoms with Crippen LogP contribution < -0.4 is 5.32 Å². The minimum atomic E-state index is 0.719. The van der Waals surface area contributed by atoms with Crippen LogP contribution in [0.1, 0.15) is 51.1 Å². The first kappa shape index (κ1) is 14.0. The molecule has 1 atom stereocenters. The molecular formula is C15H27N5. The number of nitrogens with zero attached hydrogens (tertiary/aromatic N) is 4. The summed E-state index contributed by atoms with van der Waals surface area (Å²) in [7, 11) is 0. The molecule has 1 aliphatic heterocycles. The van der Waals surface area contributed by atoms with Crippen LogP contribution in [0, 0.1) is 0 Å². The summed E-state index contributed by atoms with van der Waals surface area (Å²) < 4.78 is 2.00. The van der Waals surface area contributed by atoms with Gasteiger partial charge in [-0.1, -0.05) is 18.1 Å². The molecule has 1 aromatic heterocycles. The lowest BCUT2D eigenvalue weighted by atomic mass is 10.1. The van der Waals surface area contributed by atoms with Gasteiger partial charge in [-0.3, -0.25) is 9.58 Å². The average Bonchev–Trinajstić information content (AvgIpc) is 3.21. The second-order valence-corrected chi connectivity index (χ2v) is 6.36. The van der Waals surface area contributed by atoms with Crippen molar-refractivity contribution >= 4 is 0 Å². The Bertz CT molecular complexity index is 412. The summed E-state index contributed by atoms with van der Waals surface area (Å²) in [6.07, 6.45) is 10.2. The fourth-order valence-electron chi connectivity index (χ4n) is 2.96. The number of aromatic nitrogens is 3. The molecule has 1 saturated carbocycles. The van der Waals surface area contributed by atoms with Crippen molar-refractivity contribution in [2.75, 3.05) is 13.1 Å². The predicted molar refractivity (Wildman–Crippen MR) is 79.4 cm³/mol. The van der Waals surface area contributed by atoms with Crippen LogP contribution in [0.2, 0.25) is 0 Å². The second-order valence-electron chi connectivity index (χ2n) is 6.36. The van der Waals surface area contributed by atoms with Gasteiger partial charge in [0.2, 0.25) is 0 Å². The number of nitrogens with one attached hydrogen (secondary N) is 1. The van der Waals surface area contributed by atoms with Crippen molar-refractivity contribution in [3.8, 4) is 0 Å². The molecule has 0 amide bonds. The molecule has 5 nitrogen and oxygen atoms in total. The van der Waals surface area contributed by atoms with E-state index in [4.69, 9.17) is 0 Å². The number of likely N-dealkylation sites (tertiary alicyclic amines) is 1. The summed E-state index contributed by atoms with van der Waals surface area (Å²) in [6, 6.07) is 1.45. The van der Waals surface area contributed by atoms with Crippen LogP contribution in [0.5, 0.6) is 0 Å². The van der Waals surface area contributed by atoms with Gasteiger partial charge >= 0.3 is 0 Å². The Morgan fingerprint density at radius 1 is 1.20 bits per heavy atom. The molecule has 1 aliphatic carbocycles. The van der Waals surface area contributed by atoms with Gasteiger partial charge in [0.1, 0.15) is 0 Å². The molecule has 20 heavy (non-hydrogen) atoms. The Morgan fingerprint density at radius 3 is 2.95 bits per heavy atom. The standard InChI is InChI=1S/C15H27N5/c1-13-5-3-2-4-8-19(13)9-10-20-12-15(17-18-20)11-16-14-6-7-14/h12-14,16H,2-11H2,1H3. The monoisotopic (exact) mass is 277 g/mol. The SMILES string of the molecule is CC1CCCCCN1CCn1cc(CNC2CC2)nn1. The highest BCUT2D eigenvalue weighted by molar-refractivity contribution is 4.94. The van der Waals surface area contributed by atoms with E-state index in [1.54, 1.807) is 0 Å². The lowest BCUT2D eigenvalue weighted by molar-refractivity contribution is 0.202. The predicted octanol–water partition coefficient (Wildman–Crippen LogP) is 1.79. The molecule has 0 radical (unpaired) electrons. The lowest BCUT2D eigenvalue weighted by Crippen LogP contribution is -2.35. The van der Waals surface area contributed by atoms with E-state index in [1.807, 2.05) is 4.68 Å². The van der Waals surface area contributed by atoms with Crippen LogP contribution in [0.25, 0.3) is 0 Å². The van der Waals surface area contributed by atoms with Gasteiger partial charge in [0, 0.05) is 31.4 Å². The van der Waals surface area contributed by atoms with Crippen molar-refractivity contribution in [3.63, 3.8) is 0 Å². The third-order valence-electron chi connectivity index (χ3n) is 4.54. The van der Waals surface area contributed by atoms with E-state index in [2.05, 4.69) is 33.6 Å². The van der Waals surface area contributed by atoms with Gasteiger partial charge in [0.25, 0.3) is 0 Å². The highest BCUT2D eigenvalue weighted by atomic mass is 15.4. The van der Waals surface area contributed by atoms with Crippen molar-refractivity contribution in [3.05, 3.63) is 11.9 Å². The Hall–Kier alpha value is -0.940. The zero-order valence-electron chi connectivity index (χ0n) is 12.6. The molecule has 3 rings (SSSR count). The van der Waals surface area contributed by atoms with E-state index < -0.39 is 0 Å². The van der Waals surface area contributed by atoms with E-state index in [-0.39, 0.29) is 0 Å². The van der Waals surface area contributed by atoms with Crippen LogP contribution in [0.15, 0.2) is 6.20 Å². The molecule has 112 valence electrons. The molecular weight excluding hydrogens is 250 g/mol. The van der Waals surface area contributed by atoms with Gasteiger partial charge in [-0.15, -0.1) is 5.10 Å². The van der Waals surface area contributed by atoms with Crippen molar-refractivity contribution in [1.82, 2.24) is 25.2 Å². The highest BCUT2D eigenvalue weighted by Crippen LogP contribution is 2.19. The molecule has 2 aliphatic rings. The number of hydrogen-bond donors (Lipinski definition) is 1. The molecule has 1 unspecified atom stereocenters. The van der Waals surface area contributed by atoms with Crippen LogP contribution >= 0.6 is 0 Å². The van der Waals surface area contributed by atoms with Crippen molar-refractivity contribution in [2.24, 2.45) is 0 Å². The Kier molecular flexibility index (Phi) is 4.68. The minimum absolute atomic E-state index is 0.719. The van der Waals surface area contributed by atoms with E-state index in [9.17, 15) is 0 Å². The van der Waals surface area contributed by atoms with E-state index in [0.717, 1.165) is 37.4 Å². The maximum absolute atomic E-state index is 4.25. The maximum atomic E-state index is 4.25. The second kappa shape index (κ2) is 6.68. The van der Waals surface area contributed by atoms with E-state index in [0.29, 0.717) is 0 Å². The summed E-state index contributed by atoms with van der Waals surface area (Å²) in [5.41, 5.74) is 1.07. The zero-order valence-corrected chi connectivity index (χ0v) is 12.6. The third kappa shape index (κ3) is 4.03. The van der Waals surface area contributed by atoms with Gasteiger partial charge in [-0.25, -0.2) is 0 Å². The summed E-state index contributed by atoms with van der Waals surface area (Å²) >= 11 is 0. The fraction of sp³-hybridized carbons (Fsp3) is 0.867. The Labute approximate surface area is 121 Å². The molecule has 0 spiro atoms. The van der Waals surface area contributed by atoms with Crippen LogP contribution in [0.4, 0.5) is 0 Å². The molecule has 0 bridgehead atoms. The Morgan fingerprint density at radius 2 is 2.10 bits per heavy atom. The molecule has 2 heterocycles. The number of rotatable bonds is 6. The van der Waals surface area contributed by atoms with E-state index >= 15 is 0 Å². The van der Waals surface area contributed by atoms with Crippen molar-refractivity contribution < 1.29 is 0 Å². The van der Waals surface area contributed by atoms with Gasteiger partial charge in [-0.05, 0) is 39.2 Å². The summed E-state index contributed by atoms with van der Waals surface area (Å²) in [5, 5.41) is 12.0. The summed E-state index contributed by atoms with van der Waals surface area (Å²) in [5.74, 6) is 0. The number of hydrogen-bond acceptors (Lipinski definition) is 4. The summed E-state index contributed by atoms with van der Waals surface area (Å²) in [6.45, 7) is 6.52. The highest BCUT2D eigenvalue weighted by Gasteiger charge is 2.20. The fourth-order valence-corrected chi connectivity index (χ4v) is 2.96. The first-order valence-corrected chi connectivity index (χ1v) is 8.18. The maximum Gasteiger partial charge on any atom is 0.0964 e.